The lowest BCUT2D eigenvalue weighted by Crippen LogP contribution is -2.30. The molecule has 78 valence electrons. The molecule has 0 saturated heterocycles. The molecule has 1 aliphatic rings. The van der Waals surface area contributed by atoms with Gasteiger partial charge >= 0.3 is 0 Å². The summed E-state index contributed by atoms with van der Waals surface area (Å²) in [5, 5.41) is 3.55. The normalized spacial score (nSPS) is 27.0. The zero-order valence-corrected chi connectivity index (χ0v) is 10.0. The first-order chi connectivity index (χ1) is 6.75. The van der Waals surface area contributed by atoms with Gasteiger partial charge in [0.05, 0.1) is 6.54 Å². The van der Waals surface area contributed by atoms with Crippen molar-refractivity contribution >= 4 is 15.9 Å². The molecular weight excluding hydrogens is 242 g/mol. The maximum atomic E-state index is 5.43. The van der Waals surface area contributed by atoms with E-state index in [9.17, 15) is 0 Å². The van der Waals surface area contributed by atoms with Crippen molar-refractivity contribution in [1.82, 2.24) is 5.32 Å². The summed E-state index contributed by atoms with van der Waals surface area (Å²) in [4.78, 5) is 0. The quantitative estimate of drug-likeness (QED) is 0.899. The number of halogens is 1. The van der Waals surface area contributed by atoms with E-state index in [4.69, 9.17) is 4.42 Å². The highest BCUT2D eigenvalue weighted by molar-refractivity contribution is 9.10. The molecule has 0 aliphatic heterocycles. The second-order valence-electron chi connectivity index (χ2n) is 4.10. The Kier molecular flexibility index (Phi) is 3.29. The Morgan fingerprint density at radius 3 is 2.93 bits per heavy atom. The monoisotopic (exact) mass is 257 g/mol. The first kappa shape index (κ1) is 10.2. The maximum absolute atomic E-state index is 5.43. The Morgan fingerprint density at radius 2 is 2.36 bits per heavy atom. The summed E-state index contributed by atoms with van der Waals surface area (Å²) in [5.74, 6) is 1.82. The number of furan rings is 1. The summed E-state index contributed by atoms with van der Waals surface area (Å²) in [6, 6.07) is 4.63. The Bertz CT molecular complexity index is 297. The highest BCUT2D eigenvalue weighted by Crippen LogP contribution is 2.25. The molecule has 1 heterocycles. The molecule has 2 rings (SSSR count). The van der Waals surface area contributed by atoms with Gasteiger partial charge in [-0.25, -0.2) is 0 Å². The van der Waals surface area contributed by atoms with Crippen molar-refractivity contribution in [3.63, 3.8) is 0 Å². The second kappa shape index (κ2) is 4.49. The van der Waals surface area contributed by atoms with E-state index in [0.717, 1.165) is 22.9 Å². The van der Waals surface area contributed by atoms with Crippen molar-refractivity contribution in [2.75, 3.05) is 0 Å². The number of hydrogen-bond acceptors (Lipinski definition) is 2. The Hall–Kier alpha value is -0.280. The molecule has 2 unspecified atom stereocenters. The smallest absolute Gasteiger partial charge is 0.169 e. The van der Waals surface area contributed by atoms with Crippen LogP contribution in [0.25, 0.3) is 0 Å². The zero-order valence-electron chi connectivity index (χ0n) is 8.42. The van der Waals surface area contributed by atoms with Gasteiger partial charge in [0.1, 0.15) is 5.76 Å². The van der Waals surface area contributed by atoms with Gasteiger partial charge in [-0.05, 0) is 46.8 Å². The fourth-order valence-electron chi connectivity index (χ4n) is 2.13. The molecule has 1 saturated carbocycles. The van der Waals surface area contributed by atoms with Gasteiger partial charge in [0, 0.05) is 6.04 Å². The van der Waals surface area contributed by atoms with Crippen molar-refractivity contribution in [2.24, 2.45) is 5.92 Å². The number of nitrogens with one attached hydrogen (secondary N) is 1. The van der Waals surface area contributed by atoms with E-state index in [2.05, 4.69) is 28.2 Å². The molecule has 0 bridgehead atoms. The minimum atomic E-state index is 0.680. The standard InChI is InChI=1S/C11H16BrNO/c1-8-3-2-4-10(8)13-7-9-5-6-11(12)14-9/h5-6,8,10,13H,2-4,7H2,1H3. The number of hydrogen-bond donors (Lipinski definition) is 1. The van der Waals surface area contributed by atoms with E-state index >= 15 is 0 Å². The van der Waals surface area contributed by atoms with E-state index in [1.165, 1.54) is 19.3 Å². The predicted octanol–water partition coefficient (Wildman–Crippen LogP) is 3.32. The fourth-order valence-corrected chi connectivity index (χ4v) is 2.47. The Morgan fingerprint density at radius 1 is 1.50 bits per heavy atom. The third kappa shape index (κ3) is 2.39. The van der Waals surface area contributed by atoms with E-state index in [1.807, 2.05) is 12.1 Å². The van der Waals surface area contributed by atoms with Gasteiger partial charge in [-0.15, -0.1) is 0 Å². The van der Waals surface area contributed by atoms with E-state index in [0.29, 0.717) is 6.04 Å². The van der Waals surface area contributed by atoms with Crippen LogP contribution >= 0.6 is 15.9 Å². The molecule has 0 spiro atoms. The summed E-state index contributed by atoms with van der Waals surface area (Å²) in [6.45, 7) is 3.17. The van der Waals surface area contributed by atoms with Gasteiger partial charge in [-0.2, -0.15) is 0 Å². The van der Waals surface area contributed by atoms with Crippen molar-refractivity contribution in [3.8, 4) is 0 Å². The SMILES string of the molecule is CC1CCCC1NCc1ccc(Br)o1. The lowest BCUT2D eigenvalue weighted by Gasteiger charge is -2.15. The molecule has 1 aromatic rings. The largest absolute Gasteiger partial charge is 0.453 e. The summed E-state index contributed by atoms with van der Waals surface area (Å²) in [5.41, 5.74) is 0. The van der Waals surface area contributed by atoms with E-state index in [1.54, 1.807) is 0 Å². The van der Waals surface area contributed by atoms with Gasteiger partial charge in [0.25, 0.3) is 0 Å². The van der Waals surface area contributed by atoms with Crippen LogP contribution in [0, 0.1) is 5.92 Å². The molecule has 1 N–H and O–H groups in total. The topological polar surface area (TPSA) is 25.2 Å². The average molecular weight is 258 g/mol. The average Bonchev–Trinajstić information content (AvgIpc) is 2.72. The van der Waals surface area contributed by atoms with Crippen LogP contribution in [0.1, 0.15) is 31.9 Å². The molecule has 2 nitrogen and oxygen atoms in total. The van der Waals surface area contributed by atoms with Gasteiger partial charge in [-0.1, -0.05) is 13.3 Å². The van der Waals surface area contributed by atoms with Gasteiger partial charge in [0.2, 0.25) is 0 Å². The first-order valence-electron chi connectivity index (χ1n) is 5.23. The Labute approximate surface area is 93.2 Å². The van der Waals surface area contributed by atoms with Crippen molar-refractivity contribution in [1.29, 1.82) is 0 Å². The lowest BCUT2D eigenvalue weighted by atomic mass is 10.1. The molecule has 1 fully saturated rings. The zero-order chi connectivity index (χ0) is 9.97. The van der Waals surface area contributed by atoms with Crippen LogP contribution in [0.3, 0.4) is 0 Å². The van der Waals surface area contributed by atoms with Crippen LogP contribution in [-0.2, 0) is 6.54 Å². The van der Waals surface area contributed by atoms with Gasteiger partial charge in [0.15, 0.2) is 4.67 Å². The fraction of sp³-hybridized carbons (Fsp3) is 0.636. The molecule has 14 heavy (non-hydrogen) atoms. The Balaban J connectivity index is 1.82. The van der Waals surface area contributed by atoms with Crippen LogP contribution in [0.2, 0.25) is 0 Å². The third-order valence-corrected chi connectivity index (χ3v) is 3.46. The van der Waals surface area contributed by atoms with E-state index in [-0.39, 0.29) is 0 Å². The van der Waals surface area contributed by atoms with Crippen LogP contribution in [0.5, 0.6) is 0 Å². The van der Waals surface area contributed by atoms with Gasteiger partial charge < -0.3 is 9.73 Å². The number of rotatable bonds is 3. The molecule has 0 aromatic carbocycles. The third-order valence-electron chi connectivity index (χ3n) is 3.03. The summed E-state index contributed by atoms with van der Waals surface area (Å²) >= 11 is 3.30. The molecule has 1 aromatic heterocycles. The first-order valence-corrected chi connectivity index (χ1v) is 6.02. The van der Waals surface area contributed by atoms with Crippen LogP contribution < -0.4 is 5.32 Å². The molecule has 1 aliphatic carbocycles. The van der Waals surface area contributed by atoms with Crippen molar-refractivity contribution < 1.29 is 4.42 Å². The minimum Gasteiger partial charge on any atom is -0.453 e. The van der Waals surface area contributed by atoms with Crippen molar-refractivity contribution in [2.45, 2.75) is 38.8 Å². The van der Waals surface area contributed by atoms with Crippen LogP contribution in [-0.4, -0.2) is 6.04 Å². The summed E-state index contributed by atoms with van der Waals surface area (Å²) in [6.07, 6.45) is 4.03. The highest BCUT2D eigenvalue weighted by atomic mass is 79.9. The summed E-state index contributed by atoms with van der Waals surface area (Å²) < 4.78 is 6.25. The van der Waals surface area contributed by atoms with Crippen LogP contribution in [0.15, 0.2) is 21.2 Å². The van der Waals surface area contributed by atoms with E-state index < -0.39 is 0 Å². The maximum Gasteiger partial charge on any atom is 0.169 e. The molecule has 3 heteroatoms. The molecule has 0 amide bonds. The minimum absolute atomic E-state index is 0.680. The summed E-state index contributed by atoms with van der Waals surface area (Å²) in [7, 11) is 0. The lowest BCUT2D eigenvalue weighted by molar-refractivity contribution is 0.391. The van der Waals surface area contributed by atoms with Crippen LogP contribution in [0.4, 0.5) is 0 Å². The molecular formula is C11H16BrNO. The van der Waals surface area contributed by atoms with Crippen molar-refractivity contribution in [3.05, 3.63) is 22.6 Å². The highest BCUT2D eigenvalue weighted by Gasteiger charge is 2.22. The molecule has 2 atom stereocenters. The predicted molar refractivity (Wildman–Crippen MR) is 60.1 cm³/mol. The molecule has 0 radical (unpaired) electrons. The second-order valence-corrected chi connectivity index (χ2v) is 4.88. The van der Waals surface area contributed by atoms with Gasteiger partial charge in [-0.3, -0.25) is 0 Å².